The smallest absolute Gasteiger partial charge is 0.123 e. The predicted molar refractivity (Wildman–Crippen MR) is 77.7 cm³/mol. The Bertz CT molecular complexity index is 549. The first-order valence-electron chi connectivity index (χ1n) is 6.02. The molecule has 0 aliphatic heterocycles. The van der Waals surface area contributed by atoms with Gasteiger partial charge < -0.3 is 0 Å². The third-order valence-corrected chi connectivity index (χ3v) is 3.88. The summed E-state index contributed by atoms with van der Waals surface area (Å²) in [5.74, 6) is -0.175. The molecule has 18 heavy (non-hydrogen) atoms. The number of rotatable bonds is 3. The van der Waals surface area contributed by atoms with Gasteiger partial charge in [-0.1, -0.05) is 51.8 Å². The number of benzene rings is 2. The van der Waals surface area contributed by atoms with E-state index in [4.69, 9.17) is 0 Å². The Morgan fingerprint density at radius 1 is 1.11 bits per heavy atom. The first-order valence-corrected chi connectivity index (χ1v) is 6.93. The molecule has 0 aliphatic rings. The van der Waals surface area contributed by atoms with E-state index >= 15 is 0 Å². The molecule has 0 aromatic heterocycles. The molecular weight excluding hydrogens is 291 g/mol. The van der Waals surface area contributed by atoms with Gasteiger partial charge in [0.15, 0.2) is 0 Å². The fraction of sp³-hybridized carbons (Fsp3) is 0.250. The molecule has 1 atom stereocenters. The van der Waals surface area contributed by atoms with Crippen LogP contribution >= 0.6 is 15.9 Å². The summed E-state index contributed by atoms with van der Waals surface area (Å²) in [6, 6.07) is 13.4. The lowest BCUT2D eigenvalue weighted by Crippen LogP contribution is -1.98. The van der Waals surface area contributed by atoms with Crippen LogP contribution in [-0.4, -0.2) is 0 Å². The summed E-state index contributed by atoms with van der Waals surface area (Å²) in [4.78, 5) is 0.222. The van der Waals surface area contributed by atoms with Crippen LogP contribution in [0, 0.1) is 19.7 Å². The largest absolute Gasteiger partial charge is 0.207 e. The molecule has 2 heteroatoms. The van der Waals surface area contributed by atoms with Crippen LogP contribution in [0.15, 0.2) is 42.5 Å². The van der Waals surface area contributed by atoms with Gasteiger partial charge in [-0.3, -0.25) is 0 Å². The maximum atomic E-state index is 13.1. The molecular formula is C16H16BrF. The van der Waals surface area contributed by atoms with E-state index in [2.05, 4.69) is 47.1 Å². The molecule has 0 fully saturated rings. The second kappa shape index (κ2) is 5.66. The molecule has 2 rings (SSSR count). The molecule has 0 radical (unpaired) electrons. The summed E-state index contributed by atoms with van der Waals surface area (Å²) in [6.45, 7) is 4.04. The molecule has 0 nitrogen and oxygen atoms in total. The summed E-state index contributed by atoms with van der Waals surface area (Å²) >= 11 is 3.70. The van der Waals surface area contributed by atoms with Crippen LogP contribution < -0.4 is 0 Å². The van der Waals surface area contributed by atoms with Crippen LogP contribution in [0.25, 0.3) is 0 Å². The third kappa shape index (κ3) is 3.20. The van der Waals surface area contributed by atoms with E-state index in [1.54, 1.807) is 6.07 Å². The number of hydrogen-bond donors (Lipinski definition) is 0. The molecule has 2 aromatic carbocycles. The van der Waals surface area contributed by atoms with E-state index in [9.17, 15) is 4.39 Å². The van der Waals surface area contributed by atoms with E-state index in [0.29, 0.717) is 0 Å². The first kappa shape index (κ1) is 13.3. The number of hydrogen-bond acceptors (Lipinski definition) is 0. The van der Waals surface area contributed by atoms with Crippen molar-refractivity contribution in [3.8, 4) is 0 Å². The van der Waals surface area contributed by atoms with Crippen molar-refractivity contribution in [1.29, 1.82) is 0 Å². The van der Waals surface area contributed by atoms with Crippen LogP contribution in [0.1, 0.15) is 27.1 Å². The minimum absolute atomic E-state index is 0.175. The van der Waals surface area contributed by atoms with Crippen LogP contribution in [0.3, 0.4) is 0 Å². The van der Waals surface area contributed by atoms with E-state index in [0.717, 1.165) is 17.5 Å². The predicted octanol–water partition coefficient (Wildman–Crippen LogP) is 5.12. The summed E-state index contributed by atoms with van der Waals surface area (Å²) in [5, 5.41) is 0. The fourth-order valence-corrected chi connectivity index (χ4v) is 3.03. The van der Waals surface area contributed by atoms with Crippen LogP contribution in [-0.2, 0) is 6.42 Å². The Balaban J connectivity index is 2.19. The van der Waals surface area contributed by atoms with E-state index < -0.39 is 0 Å². The molecule has 0 saturated heterocycles. The molecule has 2 aromatic rings. The normalized spacial score (nSPS) is 12.4. The lowest BCUT2D eigenvalue weighted by atomic mass is 9.99. The SMILES string of the molecule is Cc1cccc(CC(Br)c2ccc(F)cc2C)c1. The molecule has 94 valence electrons. The Morgan fingerprint density at radius 3 is 2.56 bits per heavy atom. The Morgan fingerprint density at radius 2 is 1.89 bits per heavy atom. The molecule has 1 unspecified atom stereocenters. The lowest BCUT2D eigenvalue weighted by Gasteiger charge is -2.13. The van der Waals surface area contributed by atoms with Gasteiger partial charge in [0.25, 0.3) is 0 Å². The zero-order valence-electron chi connectivity index (χ0n) is 10.6. The summed E-state index contributed by atoms with van der Waals surface area (Å²) < 4.78 is 13.1. The highest BCUT2D eigenvalue weighted by Gasteiger charge is 2.11. The lowest BCUT2D eigenvalue weighted by molar-refractivity contribution is 0.625. The Hall–Kier alpha value is -1.15. The van der Waals surface area contributed by atoms with E-state index in [-0.39, 0.29) is 10.6 Å². The molecule has 0 N–H and O–H groups in total. The summed E-state index contributed by atoms with van der Waals surface area (Å²) in [7, 11) is 0. The summed E-state index contributed by atoms with van der Waals surface area (Å²) in [5.41, 5.74) is 4.70. The Labute approximate surface area is 116 Å². The number of aryl methyl sites for hydroxylation is 2. The van der Waals surface area contributed by atoms with Crippen molar-refractivity contribution in [2.75, 3.05) is 0 Å². The van der Waals surface area contributed by atoms with Crippen molar-refractivity contribution < 1.29 is 4.39 Å². The zero-order valence-corrected chi connectivity index (χ0v) is 12.2. The van der Waals surface area contributed by atoms with Gasteiger partial charge in [0.05, 0.1) is 0 Å². The highest BCUT2D eigenvalue weighted by Crippen LogP contribution is 2.30. The standard InChI is InChI=1S/C16H16BrF/c1-11-4-3-5-13(8-11)10-16(17)15-7-6-14(18)9-12(15)2/h3-9,16H,10H2,1-2H3. The van der Waals surface area contributed by atoms with Crippen LogP contribution in [0.5, 0.6) is 0 Å². The number of halogens is 2. The van der Waals surface area contributed by atoms with Crippen molar-refractivity contribution in [2.45, 2.75) is 25.1 Å². The summed E-state index contributed by atoms with van der Waals surface area (Å²) in [6.07, 6.45) is 0.911. The van der Waals surface area contributed by atoms with E-state index in [1.165, 1.54) is 17.2 Å². The average Bonchev–Trinajstić information content (AvgIpc) is 2.28. The topological polar surface area (TPSA) is 0 Å². The minimum Gasteiger partial charge on any atom is -0.207 e. The molecule has 0 bridgehead atoms. The monoisotopic (exact) mass is 306 g/mol. The molecule has 0 saturated carbocycles. The van der Waals surface area contributed by atoms with Crippen molar-refractivity contribution >= 4 is 15.9 Å². The first-order chi connectivity index (χ1) is 8.56. The number of alkyl halides is 1. The van der Waals surface area contributed by atoms with Crippen molar-refractivity contribution in [3.05, 3.63) is 70.5 Å². The third-order valence-electron chi connectivity index (χ3n) is 3.07. The highest BCUT2D eigenvalue weighted by molar-refractivity contribution is 9.09. The second-order valence-electron chi connectivity index (χ2n) is 4.66. The van der Waals surface area contributed by atoms with Crippen LogP contribution in [0.4, 0.5) is 4.39 Å². The fourth-order valence-electron chi connectivity index (χ4n) is 2.15. The highest BCUT2D eigenvalue weighted by atomic mass is 79.9. The van der Waals surface area contributed by atoms with Crippen molar-refractivity contribution in [2.24, 2.45) is 0 Å². The van der Waals surface area contributed by atoms with Gasteiger partial charge in [-0.15, -0.1) is 0 Å². The minimum atomic E-state index is -0.175. The van der Waals surface area contributed by atoms with Gasteiger partial charge in [0.1, 0.15) is 5.82 Å². The van der Waals surface area contributed by atoms with Crippen molar-refractivity contribution in [3.63, 3.8) is 0 Å². The van der Waals surface area contributed by atoms with Gasteiger partial charge in [-0.25, -0.2) is 4.39 Å². The zero-order chi connectivity index (χ0) is 13.1. The van der Waals surface area contributed by atoms with E-state index in [1.807, 2.05) is 13.0 Å². The average molecular weight is 307 g/mol. The Kier molecular flexibility index (Phi) is 4.18. The van der Waals surface area contributed by atoms with Gasteiger partial charge in [-0.05, 0) is 49.1 Å². The van der Waals surface area contributed by atoms with Crippen molar-refractivity contribution in [1.82, 2.24) is 0 Å². The van der Waals surface area contributed by atoms with Gasteiger partial charge in [0, 0.05) is 4.83 Å². The molecule has 0 spiro atoms. The maximum absolute atomic E-state index is 13.1. The molecule has 0 aliphatic carbocycles. The van der Waals surface area contributed by atoms with Crippen LogP contribution in [0.2, 0.25) is 0 Å². The molecule has 0 heterocycles. The van der Waals surface area contributed by atoms with Gasteiger partial charge in [-0.2, -0.15) is 0 Å². The second-order valence-corrected chi connectivity index (χ2v) is 5.77. The van der Waals surface area contributed by atoms with Gasteiger partial charge in [0.2, 0.25) is 0 Å². The molecule has 0 amide bonds. The quantitative estimate of drug-likeness (QED) is 0.690. The maximum Gasteiger partial charge on any atom is 0.123 e. The van der Waals surface area contributed by atoms with Gasteiger partial charge >= 0.3 is 0 Å².